The maximum Gasteiger partial charge on any atom is 0.335 e. The van der Waals surface area contributed by atoms with Crippen molar-refractivity contribution in [1.82, 2.24) is 47.9 Å². The molecule has 0 bridgehead atoms. The van der Waals surface area contributed by atoms with Gasteiger partial charge in [-0.3, -0.25) is 47.9 Å². The van der Waals surface area contributed by atoms with E-state index in [0.717, 1.165) is 50.7 Å². The number of cyclic esters (lactones) is 1. The summed E-state index contributed by atoms with van der Waals surface area (Å²) < 4.78 is 11.3. The highest BCUT2D eigenvalue weighted by Gasteiger charge is 2.40. The van der Waals surface area contributed by atoms with Crippen molar-refractivity contribution < 1.29 is 97.6 Å². The van der Waals surface area contributed by atoms with Crippen LogP contribution in [0.15, 0.2) is 36.0 Å². The van der Waals surface area contributed by atoms with Crippen molar-refractivity contribution in [3.63, 3.8) is 0 Å². The van der Waals surface area contributed by atoms with Gasteiger partial charge in [0, 0.05) is 0 Å². The predicted octanol–water partition coefficient (Wildman–Crippen LogP) is -4.32. The van der Waals surface area contributed by atoms with E-state index in [1.807, 2.05) is 5.32 Å². The van der Waals surface area contributed by atoms with Crippen LogP contribution in [0, 0.1) is 0 Å². The highest BCUT2D eigenvalue weighted by atomic mass is 35.5. The molecule has 0 spiro atoms. The van der Waals surface area contributed by atoms with Crippen molar-refractivity contribution in [2.75, 3.05) is 38.7 Å². The minimum absolute atomic E-state index is 0.0187. The molecule has 1 aromatic rings. The Bertz CT molecular complexity index is 2580. The number of alkyl halides is 1. The van der Waals surface area contributed by atoms with E-state index in [1.165, 1.54) is 19.8 Å². The summed E-state index contributed by atoms with van der Waals surface area (Å²) in [5.41, 5.74) is 17.3. The Morgan fingerprint density at radius 1 is 0.689 bits per heavy atom. The van der Waals surface area contributed by atoms with E-state index in [4.69, 9.17) is 38.3 Å². The van der Waals surface area contributed by atoms with Crippen LogP contribution in [-0.4, -0.2) is 213 Å². The summed E-state index contributed by atoms with van der Waals surface area (Å²) in [5.74, 6) is -17.3. The number of aliphatic hydroxyl groups is 4. The van der Waals surface area contributed by atoms with Gasteiger partial charge >= 0.3 is 17.9 Å². The standard InChI is InChI=1S/C57H91ClN12O20/c1-4-6-7-8-9-10-13-25-89-34-16-14-15-32(26-34)18-19-33(72)27-42(74)62-40-30-90-57(88)45(41(73)29-58)69-48(78)35(5-2)63-54(84)44(31(3)71)68-51(81)38(21-24-61)66-55(85)46(47(77)56(86)87)70-50(80)36(17-11-12-22-59)64-52(82)39(28-43(75)76)67-49(79)37(20-23-60)65-53(40)83/h5,14-16,26,31,33,36-41,44-47,71-73,77H,4,6-13,17-25,27-30,59-61H2,1-3H3,(H,62,74)(H,63,84)(H,64,82)(H,65,83)(H,66,85)(H,67,79)(H,68,81)(H,69,78)(H,70,80)(H,75,76)(H,86,87)/b35-5+/t31-,33+,36?,37?,38-,39-,40?,41+,44?,45?,46?,47-/m0/s1. The molecular weight excluding hydrogens is 1210 g/mol. The Labute approximate surface area is 526 Å². The predicted molar refractivity (Wildman–Crippen MR) is 322 cm³/mol. The van der Waals surface area contributed by atoms with Gasteiger partial charge in [0.15, 0.2) is 12.1 Å². The number of esters is 1. The van der Waals surface area contributed by atoms with Crippen LogP contribution in [0.5, 0.6) is 5.75 Å². The van der Waals surface area contributed by atoms with Crippen LogP contribution >= 0.6 is 11.6 Å². The molecule has 0 radical (unpaired) electrons. The number of carbonyl (C=O) groups is 12. The van der Waals surface area contributed by atoms with Crippen molar-refractivity contribution in [2.24, 2.45) is 17.2 Å². The van der Waals surface area contributed by atoms with Gasteiger partial charge < -0.3 is 105 Å². The second-order valence-electron chi connectivity index (χ2n) is 21.4. The minimum atomic E-state index is -2.78. The monoisotopic (exact) mass is 1300 g/mol. The first-order chi connectivity index (χ1) is 42.7. The van der Waals surface area contributed by atoms with E-state index in [1.54, 1.807) is 24.3 Å². The third kappa shape index (κ3) is 28.5. The number of hydrogen-bond acceptors (Lipinski definition) is 21. The Hall–Kier alpha value is -7.59. The summed E-state index contributed by atoms with van der Waals surface area (Å²) in [6.45, 7) is 3.04. The fourth-order valence-electron chi connectivity index (χ4n) is 8.91. The Kier molecular flexibility index (Phi) is 37.0. The number of halogens is 1. The fraction of sp³-hybridized carbons (Fsp3) is 0.649. The third-order valence-corrected chi connectivity index (χ3v) is 14.3. The number of unbranched alkanes of at least 4 members (excludes halogenated alkanes) is 7. The number of ether oxygens (including phenoxy) is 2. The molecule has 506 valence electrons. The van der Waals surface area contributed by atoms with Crippen LogP contribution < -0.4 is 69.8 Å². The van der Waals surface area contributed by atoms with E-state index in [-0.39, 0.29) is 45.2 Å². The molecule has 0 saturated carbocycles. The molecule has 1 aromatic carbocycles. The van der Waals surface area contributed by atoms with E-state index in [9.17, 15) is 88.2 Å². The van der Waals surface area contributed by atoms with Crippen LogP contribution in [-0.2, 0) is 68.7 Å². The number of carboxylic acid groups (broad SMARTS) is 2. The zero-order valence-electron chi connectivity index (χ0n) is 50.9. The number of benzene rings is 1. The lowest BCUT2D eigenvalue weighted by Gasteiger charge is -2.29. The number of nitrogens with two attached hydrogens (primary N) is 3. The molecule has 1 aliphatic rings. The SMILES string of the molecule is C/C=C1/NC(=O)C([C@H](C)O)NC(=O)[C@H](CCN)NC(=O)C([C@H](O)C(=O)O)NC(=O)C(CCCCN)NC(=O)[C@H](CC(=O)O)NC(=O)C(CCN)NC(=O)C(NC(=O)C[C@H](O)CCc2cccc(OCCCCCCCCC)c2)COC(=O)C([C@H](O)CCl)NC1=O. The largest absolute Gasteiger partial charge is 0.494 e. The van der Waals surface area contributed by atoms with Gasteiger partial charge in [0.05, 0.1) is 43.6 Å². The topological polar surface area (TPSA) is 531 Å². The zero-order valence-corrected chi connectivity index (χ0v) is 51.6. The smallest absolute Gasteiger partial charge is 0.335 e. The molecule has 32 nitrogen and oxygen atoms in total. The molecule has 21 N–H and O–H groups in total. The van der Waals surface area contributed by atoms with Crippen LogP contribution in [0.1, 0.15) is 123 Å². The normalized spacial score (nSPS) is 23.5. The molecule has 1 heterocycles. The van der Waals surface area contributed by atoms with E-state index in [0.29, 0.717) is 12.4 Å². The first-order valence-corrected chi connectivity index (χ1v) is 30.4. The zero-order chi connectivity index (χ0) is 67.5. The van der Waals surface area contributed by atoms with E-state index in [2.05, 4.69) is 49.5 Å². The molecular formula is C57H91ClN12O20. The number of aliphatic carboxylic acids is 2. The highest BCUT2D eigenvalue weighted by molar-refractivity contribution is 6.18. The second-order valence-corrected chi connectivity index (χ2v) is 21.7. The second kappa shape index (κ2) is 42.4. The molecule has 12 atom stereocenters. The number of allylic oxidation sites excluding steroid dienone is 1. The van der Waals surface area contributed by atoms with Crippen molar-refractivity contribution in [3.8, 4) is 5.75 Å². The summed E-state index contributed by atoms with van der Waals surface area (Å²) in [4.78, 5) is 163. The Balaban J connectivity index is 2.71. The number of carbonyl (C=O) groups excluding carboxylic acids is 10. The summed E-state index contributed by atoms with van der Waals surface area (Å²) in [5, 5.41) is 82.7. The van der Waals surface area contributed by atoms with Crippen LogP contribution in [0.25, 0.3) is 0 Å². The number of amides is 9. The first kappa shape index (κ1) is 78.5. The average molecular weight is 1300 g/mol. The quantitative estimate of drug-likeness (QED) is 0.0150. The molecule has 2 rings (SSSR count). The molecule has 90 heavy (non-hydrogen) atoms. The lowest BCUT2D eigenvalue weighted by Crippen LogP contribution is -2.63. The Morgan fingerprint density at radius 3 is 1.83 bits per heavy atom. The maximum atomic E-state index is 14.3. The van der Waals surface area contributed by atoms with E-state index < -0.39 is 194 Å². The van der Waals surface area contributed by atoms with E-state index >= 15 is 0 Å². The van der Waals surface area contributed by atoms with Crippen LogP contribution in [0.3, 0.4) is 0 Å². The summed E-state index contributed by atoms with van der Waals surface area (Å²) >= 11 is 5.92. The van der Waals surface area contributed by atoms with Crippen LogP contribution in [0.2, 0.25) is 0 Å². The molecule has 1 fully saturated rings. The van der Waals surface area contributed by atoms with Gasteiger partial charge in [-0.05, 0) is 103 Å². The average Bonchev–Trinajstić information content (AvgIpc) is 3.64. The van der Waals surface area contributed by atoms with Gasteiger partial charge in [0.25, 0.3) is 5.91 Å². The number of nitrogens with one attached hydrogen (secondary N) is 9. The molecule has 0 aromatic heterocycles. The van der Waals surface area contributed by atoms with Gasteiger partial charge in [-0.1, -0.05) is 63.7 Å². The Morgan fingerprint density at radius 2 is 1.26 bits per heavy atom. The molecule has 33 heteroatoms. The minimum Gasteiger partial charge on any atom is -0.494 e. The number of aryl methyl sites for hydroxylation is 1. The van der Waals surface area contributed by atoms with Crippen molar-refractivity contribution in [1.29, 1.82) is 0 Å². The third-order valence-electron chi connectivity index (χ3n) is 14.0. The van der Waals surface area contributed by atoms with Crippen molar-refractivity contribution >= 4 is 82.7 Å². The molecule has 0 aliphatic carbocycles. The summed E-state index contributed by atoms with van der Waals surface area (Å²) in [6.07, 6.45) is -1.84. The highest BCUT2D eigenvalue weighted by Crippen LogP contribution is 2.18. The number of aliphatic hydroxyl groups excluding tert-OH is 4. The number of carboxylic acids is 2. The maximum absolute atomic E-state index is 14.3. The molecule has 6 unspecified atom stereocenters. The number of rotatable bonds is 30. The molecule has 1 aliphatic heterocycles. The van der Waals surface area contributed by atoms with Crippen LogP contribution in [0.4, 0.5) is 0 Å². The van der Waals surface area contributed by atoms with Gasteiger partial charge in [-0.25, -0.2) is 9.59 Å². The van der Waals surface area contributed by atoms with Gasteiger partial charge in [-0.15, -0.1) is 11.6 Å². The molecule has 9 amide bonds. The van der Waals surface area contributed by atoms with Gasteiger partial charge in [0.2, 0.25) is 47.3 Å². The lowest BCUT2D eigenvalue weighted by atomic mass is 10.0. The first-order valence-electron chi connectivity index (χ1n) is 29.9. The molecule has 1 saturated heterocycles. The lowest BCUT2D eigenvalue weighted by molar-refractivity contribution is -0.153. The van der Waals surface area contributed by atoms with Gasteiger partial charge in [-0.2, -0.15) is 0 Å². The van der Waals surface area contributed by atoms with Crippen molar-refractivity contribution in [3.05, 3.63) is 41.6 Å². The summed E-state index contributed by atoms with van der Waals surface area (Å²) in [6, 6.07) is -8.98. The van der Waals surface area contributed by atoms with Gasteiger partial charge in [0.1, 0.15) is 60.3 Å². The summed E-state index contributed by atoms with van der Waals surface area (Å²) in [7, 11) is 0. The number of hydrogen-bond donors (Lipinski definition) is 18. The van der Waals surface area contributed by atoms with Crippen molar-refractivity contribution in [2.45, 2.75) is 196 Å². The fourth-order valence-corrected chi connectivity index (χ4v) is 9.09.